The molecule has 2 rings (SSSR count). The molecule has 0 aromatic rings. The molecule has 0 spiro atoms. The maximum absolute atomic E-state index is 5.59. The molecule has 0 aromatic carbocycles. The number of hydrogen-bond acceptors (Lipinski definition) is 4. The molecule has 2 heterocycles. The van der Waals surface area contributed by atoms with Crippen LogP contribution in [0.1, 0.15) is 32.6 Å². The zero-order chi connectivity index (χ0) is 14.2. The Morgan fingerprint density at radius 2 is 2.30 bits per heavy atom. The van der Waals surface area contributed by atoms with Gasteiger partial charge in [0.25, 0.3) is 0 Å². The number of ether oxygens (including phenoxy) is 2. The van der Waals surface area contributed by atoms with Gasteiger partial charge < -0.3 is 19.7 Å². The largest absolute Gasteiger partial charge is 0.384 e. The monoisotopic (exact) mass is 284 g/mol. The van der Waals surface area contributed by atoms with Gasteiger partial charge in [0.2, 0.25) is 0 Å². The molecule has 1 N–H and O–H groups in total. The third-order valence-corrected chi connectivity index (χ3v) is 4.65. The maximum Gasteiger partial charge on any atom is 0.0510 e. The van der Waals surface area contributed by atoms with Gasteiger partial charge in [-0.2, -0.15) is 0 Å². The molecule has 2 aliphatic rings. The zero-order valence-corrected chi connectivity index (χ0v) is 13.3. The lowest BCUT2D eigenvalue weighted by Gasteiger charge is -2.36. The van der Waals surface area contributed by atoms with E-state index in [-0.39, 0.29) is 0 Å². The average molecular weight is 284 g/mol. The van der Waals surface area contributed by atoms with Crippen LogP contribution in [0.2, 0.25) is 0 Å². The highest BCUT2D eigenvalue weighted by molar-refractivity contribution is 4.84. The molecular weight excluding hydrogens is 252 g/mol. The van der Waals surface area contributed by atoms with Gasteiger partial charge in [-0.1, -0.05) is 6.92 Å². The standard InChI is InChI=1S/C16H32N2O2/c1-3-7-17-16(15-6-9-20-13-15)11-18-8-4-5-14(10-18)12-19-2/h14-17H,3-13H2,1-2H3. The first-order chi connectivity index (χ1) is 9.83. The van der Waals surface area contributed by atoms with Crippen LogP contribution >= 0.6 is 0 Å². The summed E-state index contributed by atoms with van der Waals surface area (Å²) in [6.45, 7) is 9.79. The smallest absolute Gasteiger partial charge is 0.0510 e. The normalized spacial score (nSPS) is 29.7. The van der Waals surface area contributed by atoms with Gasteiger partial charge in [0.1, 0.15) is 0 Å². The molecular formula is C16H32N2O2. The molecule has 3 unspecified atom stereocenters. The molecule has 2 saturated heterocycles. The molecule has 0 saturated carbocycles. The number of rotatable bonds is 8. The first-order valence-corrected chi connectivity index (χ1v) is 8.36. The van der Waals surface area contributed by atoms with Crippen LogP contribution in [0.3, 0.4) is 0 Å². The van der Waals surface area contributed by atoms with E-state index in [1.807, 2.05) is 7.11 Å². The molecule has 2 aliphatic heterocycles. The van der Waals surface area contributed by atoms with Crippen LogP contribution in [0.25, 0.3) is 0 Å². The van der Waals surface area contributed by atoms with Gasteiger partial charge in [0.05, 0.1) is 13.2 Å². The van der Waals surface area contributed by atoms with Crippen LogP contribution in [-0.2, 0) is 9.47 Å². The Kier molecular flexibility index (Phi) is 7.28. The van der Waals surface area contributed by atoms with E-state index in [0.29, 0.717) is 12.0 Å². The molecule has 0 aliphatic carbocycles. The fourth-order valence-corrected chi connectivity index (χ4v) is 3.55. The Hall–Kier alpha value is -0.160. The molecule has 3 atom stereocenters. The Balaban J connectivity index is 1.82. The predicted octanol–water partition coefficient (Wildman–Crippen LogP) is 1.75. The summed E-state index contributed by atoms with van der Waals surface area (Å²) in [5.41, 5.74) is 0. The van der Waals surface area contributed by atoms with Crippen molar-refractivity contribution in [1.29, 1.82) is 0 Å². The van der Waals surface area contributed by atoms with Crippen LogP contribution in [0.4, 0.5) is 0 Å². The molecule has 118 valence electrons. The number of methoxy groups -OCH3 is 1. The van der Waals surface area contributed by atoms with E-state index in [4.69, 9.17) is 9.47 Å². The van der Waals surface area contributed by atoms with Gasteiger partial charge in [0, 0.05) is 38.8 Å². The van der Waals surface area contributed by atoms with Crippen molar-refractivity contribution in [2.75, 3.05) is 53.1 Å². The van der Waals surface area contributed by atoms with Crippen molar-refractivity contribution in [3.8, 4) is 0 Å². The van der Waals surface area contributed by atoms with Crippen molar-refractivity contribution < 1.29 is 9.47 Å². The number of piperidine rings is 1. The van der Waals surface area contributed by atoms with E-state index < -0.39 is 0 Å². The van der Waals surface area contributed by atoms with Crippen molar-refractivity contribution in [3.05, 3.63) is 0 Å². The van der Waals surface area contributed by atoms with E-state index in [9.17, 15) is 0 Å². The molecule has 2 fully saturated rings. The second-order valence-electron chi connectivity index (χ2n) is 6.41. The van der Waals surface area contributed by atoms with Gasteiger partial charge in [-0.3, -0.25) is 0 Å². The van der Waals surface area contributed by atoms with Crippen molar-refractivity contribution in [1.82, 2.24) is 10.2 Å². The fourth-order valence-electron chi connectivity index (χ4n) is 3.55. The van der Waals surface area contributed by atoms with Crippen LogP contribution < -0.4 is 5.32 Å². The molecule has 4 nitrogen and oxygen atoms in total. The predicted molar refractivity (Wildman–Crippen MR) is 82.0 cm³/mol. The van der Waals surface area contributed by atoms with Gasteiger partial charge in [-0.25, -0.2) is 0 Å². The first-order valence-electron chi connectivity index (χ1n) is 8.36. The molecule has 0 bridgehead atoms. The first kappa shape index (κ1) is 16.2. The summed E-state index contributed by atoms with van der Waals surface area (Å²) in [6, 6.07) is 0.596. The number of nitrogens with one attached hydrogen (secondary N) is 1. The van der Waals surface area contributed by atoms with Crippen molar-refractivity contribution >= 4 is 0 Å². The van der Waals surface area contributed by atoms with Crippen LogP contribution in [0, 0.1) is 11.8 Å². The quantitative estimate of drug-likeness (QED) is 0.736. The van der Waals surface area contributed by atoms with Gasteiger partial charge in [-0.05, 0) is 44.7 Å². The van der Waals surface area contributed by atoms with E-state index in [1.54, 1.807) is 0 Å². The van der Waals surface area contributed by atoms with E-state index in [0.717, 1.165) is 32.3 Å². The average Bonchev–Trinajstić information content (AvgIpc) is 2.98. The molecule has 0 radical (unpaired) electrons. The topological polar surface area (TPSA) is 33.7 Å². The highest BCUT2D eigenvalue weighted by atomic mass is 16.5. The minimum Gasteiger partial charge on any atom is -0.384 e. The van der Waals surface area contributed by atoms with Crippen LogP contribution in [0.5, 0.6) is 0 Å². The maximum atomic E-state index is 5.59. The summed E-state index contributed by atoms with van der Waals surface area (Å²) in [4.78, 5) is 2.64. The van der Waals surface area contributed by atoms with Crippen molar-refractivity contribution in [2.45, 2.75) is 38.6 Å². The van der Waals surface area contributed by atoms with Crippen LogP contribution in [0.15, 0.2) is 0 Å². The third kappa shape index (κ3) is 4.99. The van der Waals surface area contributed by atoms with E-state index in [2.05, 4.69) is 17.1 Å². The zero-order valence-electron chi connectivity index (χ0n) is 13.3. The Morgan fingerprint density at radius 3 is 3.00 bits per heavy atom. The summed E-state index contributed by atoms with van der Waals surface area (Å²) in [5, 5.41) is 3.75. The molecule has 20 heavy (non-hydrogen) atoms. The van der Waals surface area contributed by atoms with Crippen molar-refractivity contribution in [3.63, 3.8) is 0 Å². The minimum atomic E-state index is 0.596. The Morgan fingerprint density at radius 1 is 1.40 bits per heavy atom. The second-order valence-corrected chi connectivity index (χ2v) is 6.41. The highest BCUT2D eigenvalue weighted by Crippen LogP contribution is 2.21. The van der Waals surface area contributed by atoms with Gasteiger partial charge >= 0.3 is 0 Å². The summed E-state index contributed by atoms with van der Waals surface area (Å²) < 4.78 is 10.9. The lowest BCUT2D eigenvalue weighted by atomic mass is 9.95. The third-order valence-electron chi connectivity index (χ3n) is 4.65. The summed E-state index contributed by atoms with van der Waals surface area (Å²) in [6.07, 6.45) is 5.06. The molecule has 0 aromatic heterocycles. The molecule has 0 amide bonds. The second kappa shape index (κ2) is 8.98. The summed E-state index contributed by atoms with van der Waals surface area (Å²) in [7, 11) is 1.82. The SMILES string of the molecule is CCCNC(CN1CCCC(COC)C1)C1CCOC1. The minimum absolute atomic E-state index is 0.596. The molecule has 4 heteroatoms. The summed E-state index contributed by atoms with van der Waals surface area (Å²) >= 11 is 0. The fraction of sp³-hybridized carbons (Fsp3) is 1.00. The van der Waals surface area contributed by atoms with E-state index >= 15 is 0 Å². The number of hydrogen-bond donors (Lipinski definition) is 1. The summed E-state index contributed by atoms with van der Waals surface area (Å²) in [5.74, 6) is 1.42. The van der Waals surface area contributed by atoms with Crippen LogP contribution in [-0.4, -0.2) is 64.1 Å². The van der Waals surface area contributed by atoms with Gasteiger partial charge in [-0.15, -0.1) is 0 Å². The number of nitrogens with zero attached hydrogens (tertiary/aromatic N) is 1. The highest BCUT2D eigenvalue weighted by Gasteiger charge is 2.29. The lowest BCUT2D eigenvalue weighted by Crippen LogP contribution is -2.49. The Labute approximate surface area is 124 Å². The Bertz CT molecular complexity index is 255. The number of likely N-dealkylation sites (tertiary alicyclic amines) is 1. The van der Waals surface area contributed by atoms with E-state index in [1.165, 1.54) is 45.3 Å². The lowest BCUT2D eigenvalue weighted by molar-refractivity contribution is 0.0794. The van der Waals surface area contributed by atoms with Crippen molar-refractivity contribution in [2.24, 2.45) is 11.8 Å². The van der Waals surface area contributed by atoms with Gasteiger partial charge in [0.15, 0.2) is 0 Å².